The lowest BCUT2D eigenvalue weighted by atomic mass is 10.2. The normalized spacial score (nSPS) is 17.5. The molecule has 1 fully saturated rings. The summed E-state index contributed by atoms with van der Waals surface area (Å²) in [6.07, 6.45) is 1.91. The Morgan fingerprint density at radius 1 is 1.24 bits per heavy atom. The monoisotopic (exact) mass is 289 g/mol. The predicted octanol–water partition coefficient (Wildman–Crippen LogP) is 1.98. The van der Waals surface area contributed by atoms with E-state index in [0.717, 1.165) is 45.0 Å². The van der Waals surface area contributed by atoms with Crippen LogP contribution in [-0.2, 0) is 0 Å². The van der Waals surface area contributed by atoms with Crippen LogP contribution in [0, 0.1) is 0 Å². The van der Waals surface area contributed by atoms with E-state index >= 15 is 0 Å². The molecule has 1 aliphatic rings. The van der Waals surface area contributed by atoms with Gasteiger partial charge in [0.2, 0.25) is 0 Å². The highest BCUT2D eigenvalue weighted by Gasteiger charge is 2.20. The largest absolute Gasteiger partial charge is 0.497 e. The number of nitrogens with zero attached hydrogens (tertiary/aromatic N) is 2. The summed E-state index contributed by atoms with van der Waals surface area (Å²) in [6.45, 7) is 12.3. The summed E-state index contributed by atoms with van der Waals surface area (Å²) in [6, 6.07) is 8.92. The summed E-state index contributed by atoms with van der Waals surface area (Å²) in [5.74, 6) is 0.916. The second-order valence-corrected chi connectivity index (χ2v) is 5.52. The Kier molecular flexibility index (Phi) is 6.08. The van der Waals surface area contributed by atoms with Gasteiger partial charge in [-0.2, -0.15) is 0 Å². The molecule has 1 unspecified atom stereocenters. The lowest BCUT2D eigenvalue weighted by Gasteiger charge is -2.39. The van der Waals surface area contributed by atoms with Crippen molar-refractivity contribution in [2.75, 3.05) is 51.3 Å². The zero-order valence-corrected chi connectivity index (χ0v) is 13.2. The van der Waals surface area contributed by atoms with Crippen molar-refractivity contribution in [1.29, 1.82) is 0 Å². The second kappa shape index (κ2) is 8.05. The minimum atomic E-state index is 0.572. The van der Waals surface area contributed by atoms with Crippen LogP contribution in [0.3, 0.4) is 0 Å². The standard InChI is InChI=1S/C17H27N3O/c1-4-9-18-14-15(2)19-10-12-20(13-11-19)16-5-7-17(21-3)8-6-16/h4-8,15,18H,1,9-14H2,2-3H3. The lowest BCUT2D eigenvalue weighted by Crippen LogP contribution is -2.52. The highest BCUT2D eigenvalue weighted by Crippen LogP contribution is 2.20. The quantitative estimate of drug-likeness (QED) is 0.613. The van der Waals surface area contributed by atoms with Crippen LogP contribution in [0.25, 0.3) is 0 Å². The van der Waals surface area contributed by atoms with E-state index in [1.807, 2.05) is 18.2 Å². The molecule has 0 saturated carbocycles. The molecule has 1 aliphatic heterocycles. The van der Waals surface area contributed by atoms with Crippen molar-refractivity contribution < 1.29 is 4.74 Å². The van der Waals surface area contributed by atoms with Crippen molar-refractivity contribution in [2.45, 2.75) is 13.0 Å². The van der Waals surface area contributed by atoms with Crippen LogP contribution in [-0.4, -0.2) is 57.3 Å². The summed E-state index contributed by atoms with van der Waals surface area (Å²) in [5.41, 5.74) is 1.29. The van der Waals surface area contributed by atoms with Crippen LogP contribution in [0.15, 0.2) is 36.9 Å². The SMILES string of the molecule is C=CCNCC(C)N1CCN(c2ccc(OC)cc2)CC1. The molecule has 21 heavy (non-hydrogen) atoms. The van der Waals surface area contributed by atoms with Gasteiger partial charge in [0, 0.05) is 51.0 Å². The van der Waals surface area contributed by atoms with Gasteiger partial charge in [-0.25, -0.2) is 0 Å². The van der Waals surface area contributed by atoms with Gasteiger partial charge in [0.15, 0.2) is 0 Å². The molecule has 116 valence electrons. The summed E-state index contributed by atoms with van der Waals surface area (Å²) in [4.78, 5) is 5.00. The zero-order chi connectivity index (χ0) is 15.1. The van der Waals surface area contributed by atoms with Crippen LogP contribution >= 0.6 is 0 Å². The number of ether oxygens (including phenoxy) is 1. The van der Waals surface area contributed by atoms with E-state index in [4.69, 9.17) is 4.74 Å². The van der Waals surface area contributed by atoms with Gasteiger partial charge in [-0.1, -0.05) is 6.08 Å². The molecule has 0 aromatic heterocycles. The number of piperazine rings is 1. The molecule has 2 rings (SSSR count). The van der Waals surface area contributed by atoms with Gasteiger partial charge in [-0.05, 0) is 31.2 Å². The summed E-state index contributed by atoms with van der Waals surface area (Å²) < 4.78 is 5.21. The molecule has 1 aromatic carbocycles. The highest BCUT2D eigenvalue weighted by molar-refractivity contribution is 5.49. The molecule has 4 heteroatoms. The van der Waals surface area contributed by atoms with Gasteiger partial charge < -0.3 is 15.0 Å². The summed E-state index contributed by atoms with van der Waals surface area (Å²) in [7, 11) is 1.70. The molecular formula is C17H27N3O. The first-order valence-electron chi connectivity index (χ1n) is 7.69. The van der Waals surface area contributed by atoms with Crippen molar-refractivity contribution in [3.63, 3.8) is 0 Å². The van der Waals surface area contributed by atoms with Crippen LogP contribution in [0.1, 0.15) is 6.92 Å². The summed E-state index contributed by atoms with van der Waals surface area (Å²) in [5, 5.41) is 3.40. The number of methoxy groups -OCH3 is 1. The van der Waals surface area contributed by atoms with Crippen LogP contribution in [0.5, 0.6) is 5.75 Å². The van der Waals surface area contributed by atoms with Crippen molar-refractivity contribution in [3.8, 4) is 5.75 Å². The molecule has 0 spiro atoms. The minimum Gasteiger partial charge on any atom is -0.497 e. The number of anilines is 1. The summed E-state index contributed by atoms with van der Waals surface area (Å²) >= 11 is 0. The van der Waals surface area contributed by atoms with Crippen molar-refractivity contribution in [1.82, 2.24) is 10.2 Å². The van der Waals surface area contributed by atoms with E-state index in [1.165, 1.54) is 5.69 Å². The van der Waals surface area contributed by atoms with Gasteiger partial charge >= 0.3 is 0 Å². The first kappa shape index (κ1) is 15.9. The van der Waals surface area contributed by atoms with E-state index in [0.29, 0.717) is 6.04 Å². The van der Waals surface area contributed by atoms with E-state index in [2.05, 4.69) is 40.8 Å². The van der Waals surface area contributed by atoms with Crippen molar-refractivity contribution >= 4 is 5.69 Å². The maximum atomic E-state index is 5.21. The maximum absolute atomic E-state index is 5.21. The van der Waals surface area contributed by atoms with Gasteiger partial charge in [-0.3, -0.25) is 4.90 Å². The molecule has 0 bridgehead atoms. The third-order valence-corrected chi connectivity index (χ3v) is 4.10. The highest BCUT2D eigenvalue weighted by atomic mass is 16.5. The fraction of sp³-hybridized carbons (Fsp3) is 0.529. The molecule has 1 N–H and O–H groups in total. The van der Waals surface area contributed by atoms with Gasteiger partial charge in [0.25, 0.3) is 0 Å². The molecule has 0 radical (unpaired) electrons. The Labute approximate surface area is 128 Å². The number of rotatable bonds is 7. The third kappa shape index (κ3) is 4.48. The first-order chi connectivity index (χ1) is 10.2. The van der Waals surface area contributed by atoms with Crippen molar-refractivity contribution in [2.24, 2.45) is 0 Å². The molecule has 1 heterocycles. The Bertz CT molecular complexity index is 424. The molecule has 1 atom stereocenters. The Hall–Kier alpha value is -1.52. The number of nitrogens with one attached hydrogen (secondary N) is 1. The topological polar surface area (TPSA) is 27.7 Å². The average Bonchev–Trinajstić information content (AvgIpc) is 2.55. The van der Waals surface area contributed by atoms with Crippen LogP contribution in [0.2, 0.25) is 0 Å². The van der Waals surface area contributed by atoms with E-state index in [9.17, 15) is 0 Å². The van der Waals surface area contributed by atoms with Crippen molar-refractivity contribution in [3.05, 3.63) is 36.9 Å². The smallest absolute Gasteiger partial charge is 0.119 e. The molecule has 1 aromatic rings. The average molecular weight is 289 g/mol. The molecule has 0 aliphatic carbocycles. The number of hydrogen-bond acceptors (Lipinski definition) is 4. The number of benzene rings is 1. The van der Waals surface area contributed by atoms with Gasteiger partial charge in [-0.15, -0.1) is 6.58 Å². The van der Waals surface area contributed by atoms with E-state index in [-0.39, 0.29) is 0 Å². The third-order valence-electron chi connectivity index (χ3n) is 4.10. The fourth-order valence-corrected chi connectivity index (χ4v) is 2.74. The molecule has 4 nitrogen and oxygen atoms in total. The lowest BCUT2D eigenvalue weighted by molar-refractivity contribution is 0.194. The fourth-order valence-electron chi connectivity index (χ4n) is 2.74. The van der Waals surface area contributed by atoms with E-state index < -0.39 is 0 Å². The van der Waals surface area contributed by atoms with E-state index in [1.54, 1.807) is 7.11 Å². The second-order valence-electron chi connectivity index (χ2n) is 5.52. The first-order valence-corrected chi connectivity index (χ1v) is 7.69. The van der Waals surface area contributed by atoms with Gasteiger partial charge in [0.05, 0.1) is 7.11 Å². The Morgan fingerprint density at radius 2 is 1.90 bits per heavy atom. The Morgan fingerprint density at radius 3 is 2.48 bits per heavy atom. The molecule has 1 saturated heterocycles. The van der Waals surface area contributed by atoms with Crippen LogP contribution in [0.4, 0.5) is 5.69 Å². The maximum Gasteiger partial charge on any atom is 0.119 e. The van der Waals surface area contributed by atoms with Crippen LogP contribution < -0.4 is 15.0 Å². The minimum absolute atomic E-state index is 0.572. The number of hydrogen-bond donors (Lipinski definition) is 1. The Balaban J connectivity index is 1.80. The molecular weight excluding hydrogens is 262 g/mol. The van der Waals surface area contributed by atoms with Gasteiger partial charge in [0.1, 0.15) is 5.75 Å². The predicted molar refractivity (Wildman–Crippen MR) is 89.3 cm³/mol. The molecule has 0 amide bonds. The zero-order valence-electron chi connectivity index (χ0n) is 13.2.